The predicted molar refractivity (Wildman–Crippen MR) is 66.0 cm³/mol. The number of anilines is 1. The highest BCUT2D eigenvalue weighted by Gasteiger charge is 2.07. The first-order valence-corrected chi connectivity index (χ1v) is 5.39. The minimum Gasteiger partial charge on any atom is -0.439 e. The lowest BCUT2D eigenvalue weighted by Gasteiger charge is -1.98. The number of nitrogen functional groups attached to an aromatic ring is 1. The van der Waals surface area contributed by atoms with Crippen LogP contribution in [0.5, 0.6) is 0 Å². The van der Waals surface area contributed by atoms with Crippen LogP contribution in [-0.2, 0) is 6.54 Å². The van der Waals surface area contributed by atoms with Gasteiger partial charge in [-0.3, -0.25) is 4.79 Å². The minimum atomic E-state index is -0.195. The number of nitrogens with two attached hydrogens (primary N) is 1. The average molecular weight is 242 g/mol. The van der Waals surface area contributed by atoms with Crippen molar-refractivity contribution in [2.45, 2.75) is 6.54 Å². The van der Waals surface area contributed by atoms with Crippen LogP contribution in [-0.4, -0.2) is 14.8 Å². The second kappa shape index (κ2) is 3.99. The number of rotatable bonds is 2. The topological polar surface area (TPSA) is 86.9 Å². The number of hydrogen-bond acceptors (Lipinski definition) is 5. The molecule has 0 aliphatic carbocycles. The molecule has 18 heavy (non-hydrogen) atoms. The smallest absolute Gasteiger partial charge is 0.267 e. The van der Waals surface area contributed by atoms with E-state index in [0.29, 0.717) is 22.7 Å². The third-order valence-corrected chi connectivity index (χ3v) is 2.53. The summed E-state index contributed by atoms with van der Waals surface area (Å²) in [6, 6.07) is 8.26. The second-order valence-corrected chi connectivity index (χ2v) is 3.85. The van der Waals surface area contributed by atoms with Crippen molar-refractivity contribution in [3.63, 3.8) is 0 Å². The molecule has 0 amide bonds. The first kappa shape index (κ1) is 10.5. The van der Waals surface area contributed by atoms with E-state index in [2.05, 4.69) is 10.1 Å². The predicted octanol–water partition coefficient (Wildman–Crippen LogP) is 1.02. The van der Waals surface area contributed by atoms with Crippen molar-refractivity contribution in [3.8, 4) is 0 Å². The van der Waals surface area contributed by atoms with Crippen molar-refractivity contribution in [2.24, 2.45) is 0 Å². The Kier molecular flexibility index (Phi) is 2.33. The summed E-state index contributed by atoms with van der Waals surface area (Å²) in [6.45, 7) is 0.203. The molecule has 1 aromatic carbocycles. The fourth-order valence-electron chi connectivity index (χ4n) is 1.69. The van der Waals surface area contributed by atoms with Crippen LogP contribution in [0.4, 0.5) is 5.69 Å². The normalized spacial score (nSPS) is 10.9. The van der Waals surface area contributed by atoms with E-state index in [4.69, 9.17) is 10.2 Å². The Morgan fingerprint density at radius 2 is 2.22 bits per heavy atom. The third kappa shape index (κ3) is 1.84. The maximum absolute atomic E-state index is 11.5. The number of oxazole rings is 1. The van der Waals surface area contributed by atoms with Crippen molar-refractivity contribution in [1.29, 1.82) is 0 Å². The lowest BCUT2D eigenvalue weighted by Crippen LogP contribution is -2.21. The van der Waals surface area contributed by atoms with E-state index in [1.165, 1.54) is 10.7 Å². The molecular formula is C12H10N4O2. The molecule has 6 heteroatoms. The summed E-state index contributed by atoms with van der Waals surface area (Å²) < 4.78 is 6.80. The van der Waals surface area contributed by atoms with Crippen molar-refractivity contribution in [2.75, 3.05) is 5.73 Å². The minimum absolute atomic E-state index is 0.195. The zero-order valence-electron chi connectivity index (χ0n) is 9.41. The number of benzene rings is 1. The highest BCUT2D eigenvalue weighted by atomic mass is 16.3. The maximum atomic E-state index is 11.5. The van der Waals surface area contributed by atoms with Gasteiger partial charge in [-0.1, -0.05) is 0 Å². The Labute approximate surface area is 102 Å². The molecule has 6 nitrogen and oxygen atoms in total. The molecule has 2 heterocycles. The van der Waals surface area contributed by atoms with Crippen LogP contribution >= 0.6 is 0 Å². The largest absolute Gasteiger partial charge is 0.439 e. The van der Waals surface area contributed by atoms with Gasteiger partial charge in [-0.25, -0.2) is 9.67 Å². The molecule has 3 aromatic rings. The van der Waals surface area contributed by atoms with Crippen LogP contribution < -0.4 is 11.3 Å². The second-order valence-electron chi connectivity index (χ2n) is 3.85. The molecule has 0 aliphatic heterocycles. The average Bonchev–Trinajstić information content (AvgIpc) is 2.73. The number of aromatic nitrogens is 3. The van der Waals surface area contributed by atoms with Crippen LogP contribution in [0.3, 0.4) is 0 Å². The van der Waals surface area contributed by atoms with E-state index in [9.17, 15) is 4.79 Å². The molecule has 90 valence electrons. The molecule has 0 atom stereocenters. The van der Waals surface area contributed by atoms with Gasteiger partial charge in [-0.15, -0.1) is 0 Å². The Bertz CT molecular complexity index is 760. The fraction of sp³-hybridized carbons (Fsp3) is 0.0833. The zero-order valence-corrected chi connectivity index (χ0v) is 9.41. The molecule has 0 fully saturated rings. The van der Waals surface area contributed by atoms with E-state index in [-0.39, 0.29) is 12.1 Å². The molecule has 0 bridgehead atoms. The SMILES string of the molecule is Nc1ccc2nc(Cn3ncccc3=O)oc2c1. The summed E-state index contributed by atoms with van der Waals surface area (Å²) in [5.74, 6) is 0.427. The fourth-order valence-corrected chi connectivity index (χ4v) is 1.69. The first-order valence-electron chi connectivity index (χ1n) is 5.39. The zero-order chi connectivity index (χ0) is 12.5. The highest BCUT2D eigenvalue weighted by Crippen LogP contribution is 2.18. The van der Waals surface area contributed by atoms with Crippen molar-refractivity contribution in [1.82, 2.24) is 14.8 Å². The molecule has 0 aliphatic rings. The van der Waals surface area contributed by atoms with E-state index in [0.717, 1.165) is 0 Å². The van der Waals surface area contributed by atoms with Crippen LogP contribution in [0.15, 0.2) is 45.7 Å². The Balaban J connectivity index is 2.01. The molecule has 0 unspecified atom stereocenters. The van der Waals surface area contributed by atoms with Gasteiger partial charge in [0.1, 0.15) is 12.1 Å². The van der Waals surface area contributed by atoms with Crippen molar-refractivity contribution >= 4 is 16.8 Å². The van der Waals surface area contributed by atoms with Gasteiger partial charge in [-0.05, 0) is 18.2 Å². The number of fused-ring (bicyclic) bond motifs is 1. The van der Waals surface area contributed by atoms with Gasteiger partial charge in [0.2, 0.25) is 5.89 Å². The molecule has 2 N–H and O–H groups in total. The molecule has 0 saturated heterocycles. The van der Waals surface area contributed by atoms with Crippen molar-refractivity contribution in [3.05, 3.63) is 52.8 Å². The van der Waals surface area contributed by atoms with E-state index < -0.39 is 0 Å². The standard InChI is InChI=1S/C12H10N4O2/c13-8-3-4-9-10(6-8)18-11(15-9)7-16-12(17)2-1-5-14-16/h1-6H,7,13H2. The maximum Gasteiger partial charge on any atom is 0.267 e. The lowest BCUT2D eigenvalue weighted by molar-refractivity contribution is 0.481. The highest BCUT2D eigenvalue weighted by molar-refractivity contribution is 5.76. The number of hydrogen-bond donors (Lipinski definition) is 1. The molecular weight excluding hydrogens is 232 g/mol. The van der Waals surface area contributed by atoms with Crippen molar-refractivity contribution < 1.29 is 4.42 Å². The molecule has 0 saturated carbocycles. The van der Waals surface area contributed by atoms with E-state index >= 15 is 0 Å². The summed E-state index contributed by atoms with van der Waals surface area (Å²) in [4.78, 5) is 15.8. The molecule has 0 spiro atoms. The monoisotopic (exact) mass is 242 g/mol. The molecule has 2 aromatic heterocycles. The number of nitrogens with zero attached hydrogens (tertiary/aromatic N) is 3. The van der Waals surface area contributed by atoms with Crippen LogP contribution in [0, 0.1) is 0 Å². The van der Waals surface area contributed by atoms with Crippen LogP contribution in [0.2, 0.25) is 0 Å². The summed E-state index contributed by atoms with van der Waals surface area (Å²) in [5.41, 5.74) is 7.39. The van der Waals surface area contributed by atoms with Gasteiger partial charge in [0, 0.05) is 24.0 Å². The quantitative estimate of drug-likeness (QED) is 0.678. The Morgan fingerprint density at radius 3 is 3.06 bits per heavy atom. The Morgan fingerprint density at radius 1 is 1.33 bits per heavy atom. The lowest BCUT2D eigenvalue weighted by atomic mass is 10.3. The van der Waals surface area contributed by atoms with Gasteiger partial charge in [-0.2, -0.15) is 5.10 Å². The summed E-state index contributed by atoms with van der Waals surface area (Å²) in [5, 5.41) is 3.94. The van der Waals surface area contributed by atoms with Gasteiger partial charge in [0.05, 0.1) is 0 Å². The summed E-state index contributed by atoms with van der Waals surface area (Å²) in [7, 11) is 0. The molecule has 3 rings (SSSR count). The van der Waals surface area contributed by atoms with Crippen LogP contribution in [0.1, 0.15) is 5.89 Å². The van der Waals surface area contributed by atoms with Gasteiger partial charge >= 0.3 is 0 Å². The van der Waals surface area contributed by atoms with Crippen LogP contribution in [0.25, 0.3) is 11.1 Å². The summed E-state index contributed by atoms with van der Waals surface area (Å²) in [6.07, 6.45) is 1.54. The van der Waals surface area contributed by atoms with Gasteiger partial charge < -0.3 is 10.2 Å². The Hall–Kier alpha value is -2.63. The molecule has 0 radical (unpaired) electrons. The first-order chi connectivity index (χ1) is 8.72. The van der Waals surface area contributed by atoms with Gasteiger partial charge in [0.25, 0.3) is 5.56 Å². The van der Waals surface area contributed by atoms with Gasteiger partial charge in [0.15, 0.2) is 5.58 Å². The van der Waals surface area contributed by atoms with E-state index in [1.807, 2.05) is 0 Å². The van der Waals surface area contributed by atoms with E-state index in [1.54, 1.807) is 30.5 Å². The third-order valence-electron chi connectivity index (χ3n) is 2.53. The summed E-state index contributed by atoms with van der Waals surface area (Å²) >= 11 is 0.